The highest BCUT2D eigenvalue weighted by molar-refractivity contribution is 7.15. The van der Waals surface area contributed by atoms with Crippen LogP contribution in [0.5, 0.6) is 0 Å². The van der Waals surface area contributed by atoms with Gasteiger partial charge in [0.25, 0.3) is 0 Å². The van der Waals surface area contributed by atoms with Gasteiger partial charge in [-0.3, -0.25) is 15.1 Å². The van der Waals surface area contributed by atoms with Crippen molar-refractivity contribution in [3.8, 4) is 10.4 Å². The van der Waals surface area contributed by atoms with Crippen LogP contribution in [0.15, 0.2) is 30.3 Å². The minimum atomic E-state index is -0.616. The molecular formula is C19H19ClFN3OS. The molecule has 1 unspecified atom stereocenters. The van der Waals surface area contributed by atoms with E-state index in [4.69, 9.17) is 17.0 Å². The van der Waals surface area contributed by atoms with Gasteiger partial charge in [0.15, 0.2) is 5.96 Å². The number of carbonyl (C=O) groups is 1. The molecule has 1 saturated heterocycles. The first-order valence-electron chi connectivity index (χ1n) is 8.51. The van der Waals surface area contributed by atoms with E-state index >= 15 is 0 Å². The van der Waals surface area contributed by atoms with Gasteiger partial charge in [-0.15, -0.1) is 11.3 Å². The molecule has 2 aliphatic rings. The van der Waals surface area contributed by atoms with Crippen molar-refractivity contribution >= 4 is 34.8 Å². The molecule has 0 radical (unpaired) electrons. The molecule has 2 N–H and O–H groups in total. The number of hydrogen-bond acceptors (Lipinski definition) is 3. The van der Waals surface area contributed by atoms with Crippen molar-refractivity contribution in [3.05, 3.63) is 46.0 Å². The van der Waals surface area contributed by atoms with Crippen molar-refractivity contribution < 1.29 is 9.18 Å². The van der Waals surface area contributed by atoms with E-state index in [2.05, 4.69) is 5.32 Å². The monoisotopic (exact) mass is 391 g/mol. The van der Waals surface area contributed by atoms with Gasteiger partial charge in [-0.2, -0.15) is 0 Å². The summed E-state index contributed by atoms with van der Waals surface area (Å²) in [5.74, 6) is -0.164. The minimum Gasteiger partial charge on any atom is -0.345 e. The predicted molar refractivity (Wildman–Crippen MR) is 102 cm³/mol. The average molecular weight is 392 g/mol. The molecule has 1 amide bonds. The second-order valence-electron chi connectivity index (χ2n) is 7.18. The molecule has 0 bridgehead atoms. The van der Waals surface area contributed by atoms with Crippen LogP contribution in [0.4, 0.5) is 4.39 Å². The summed E-state index contributed by atoms with van der Waals surface area (Å²) < 4.78 is 13.4. The first-order valence-corrected chi connectivity index (χ1v) is 9.71. The Hall–Kier alpha value is -1.92. The average Bonchev–Trinajstić information content (AvgIpc) is 3.29. The summed E-state index contributed by atoms with van der Waals surface area (Å²) in [5.41, 5.74) is 0.225. The molecule has 7 heteroatoms. The molecule has 1 aromatic heterocycles. The van der Waals surface area contributed by atoms with Crippen LogP contribution in [-0.2, 0) is 10.3 Å². The van der Waals surface area contributed by atoms with Crippen LogP contribution in [0.2, 0.25) is 5.02 Å². The third kappa shape index (κ3) is 2.72. The van der Waals surface area contributed by atoms with Crippen LogP contribution in [-0.4, -0.2) is 23.8 Å². The highest BCUT2D eigenvalue weighted by atomic mass is 35.5. The number of nitrogens with zero attached hydrogens (tertiary/aromatic N) is 1. The van der Waals surface area contributed by atoms with Crippen LogP contribution in [0.3, 0.4) is 0 Å². The molecule has 1 saturated carbocycles. The molecule has 4 nitrogen and oxygen atoms in total. The largest absolute Gasteiger partial charge is 0.345 e. The summed E-state index contributed by atoms with van der Waals surface area (Å²) in [4.78, 5) is 16.2. The van der Waals surface area contributed by atoms with Crippen molar-refractivity contribution in [3.63, 3.8) is 0 Å². The van der Waals surface area contributed by atoms with Crippen molar-refractivity contribution in [1.29, 1.82) is 5.41 Å². The molecule has 2 fully saturated rings. The number of carbonyl (C=O) groups excluding carboxylic acids is 1. The molecule has 4 rings (SSSR count). The van der Waals surface area contributed by atoms with E-state index in [1.807, 2.05) is 19.1 Å². The lowest BCUT2D eigenvalue weighted by atomic mass is 9.78. The van der Waals surface area contributed by atoms with Gasteiger partial charge in [-0.25, -0.2) is 4.39 Å². The van der Waals surface area contributed by atoms with Gasteiger partial charge >= 0.3 is 0 Å². The van der Waals surface area contributed by atoms with Gasteiger partial charge in [-0.05, 0) is 55.5 Å². The number of guanidine groups is 1. The molecule has 26 heavy (non-hydrogen) atoms. The summed E-state index contributed by atoms with van der Waals surface area (Å²) >= 11 is 7.46. The third-order valence-corrected chi connectivity index (χ3v) is 7.01. The molecule has 1 aliphatic heterocycles. The maximum absolute atomic E-state index is 13.4. The van der Waals surface area contributed by atoms with Crippen LogP contribution < -0.4 is 5.32 Å². The molecule has 2 heterocycles. The Morgan fingerprint density at radius 3 is 2.73 bits per heavy atom. The first-order chi connectivity index (χ1) is 12.3. The van der Waals surface area contributed by atoms with E-state index in [0.717, 1.165) is 28.2 Å². The lowest BCUT2D eigenvalue weighted by Gasteiger charge is -2.45. The Balaban J connectivity index is 1.73. The van der Waals surface area contributed by atoms with Crippen molar-refractivity contribution in [1.82, 2.24) is 10.2 Å². The second-order valence-corrected chi connectivity index (χ2v) is 8.67. The Morgan fingerprint density at radius 2 is 2.08 bits per heavy atom. The third-order valence-electron chi connectivity index (χ3n) is 5.35. The van der Waals surface area contributed by atoms with Gasteiger partial charge in [0, 0.05) is 16.8 Å². The summed E-state index contributed by atoms with van der Waals surface area (Å²) in [6.45, 7) is 2.00. The van der Waals surface area contributed by atoms with Crippen LogP contribution in [0, 0.1) is 23.1 Å². The Bertz CT molecular complexity index is 910. The summed E-state index contributed by atoms with van der Waals surface area (Å²) in [7, 11) is 1.65. The topological polar surface area (TPSA) is 56.2 Å². The Morgan fingerprint density at radius 1 is 1.35 bits per heavy atom. The van der Waals surface area contributed by atoms with Crippen LogP contribution in [0.25, 0.3) is 10.4 Å². The predicted octanol–water partition coefficient (Wildman–Crippen LogP) is 4.45. The van der Waals surface area contributed by atoms with E-state index < -0.39 is 11.4 Å². The fourth-order valence-corrected chi connectivity index (χ4v) is 5.04. The summed E-state index contributed by atoms with van der Waals surface area (Å²) in [6, 6.07) is 8.63. The van der Waals surface area contributed by atoms with E-state index in [0.29, 0.717) is 5.92 Å². The number of nitrogens with one attached hydrogen (secondary N) is 2. The van der Waals surface area contributed by atoms with Crippen LogP contribution in [0.1, 0.15) is 24.6 Å². The van der Waals surface area contributed by atoms with Gasteiger partial charge in [0.05, 0.1) is 16.5 Å². The molecule has 0 spiro atoms. The normalized spacial score (nSPS) is 26.2. The van der Waals surface area contributed by atoms with Crippen molar-refractivity contribution in [2.45, 2.75) is 25.3 Å². The molecular weight excluding hydrogens is 373 g/mol. The first kappa shape index (κ1) is 17.5. The van der Waals surface area contributed by atoms with Crippen LogP contribution >= 0.6 is 22.9 Å². The van der Waals surface area contributed by atoms with Gasteiger partial charge in [0.2, 0.25) is 5.91 Å². The Labute approximate surface area is 160 Å². The van der Waals surface area contributed by atoms with Gasteiger partial charge < -0.3 is 5.32 Å². The number of rotatable bonds is 3. The number of thiophene rings is 1. The fraction of sp³-hybridized carbons (Fsp3) is 0.368. The lowest BCUT2D eigenvalue weighted by Crippen LogP contribution is -2.64. The molecule has 1 aliphatic carbocycles. The quantitative estimate of drug-likeness (QED) is 0.812. The SMILES string of the molecule is CN1C(=N)NC(C)(c2ccc(-c3ccc(F)c(Cl)c3)s2)[C@@H](C2CC2)C1=O. The molecule has 1 aromatic carbocycles. The fourth-order valence-electron chi connectivity index (χ4n) is 3.71. The van der Waals surface area contributed by atoms with E-state index in [1.54, 1.807) is 30.5 Å². The number of hydrogen-bond donors (Lipinski definition) is 2. The van der Waals surface area contributed by atoms with E-state index in [-0.39, 0.29) is 22.8 Å². The standard InChI is InChI=1S/C19H19ClFN3OS/c1-19(16(10-3-4-10)17(25)24(2)18(22)23-19)15-8-7-14(26-15)11-5-6-13(21)12(20)9-11/h5-10,16H,3-4H2,1-2H3,(H2,22,23)/t16-,19?/m0/s1. The smallest absolute Gasteiger partial charge is 0.235 e. The molecule has 2 atom stereocenters. The number of benzene rings is 1. The highest BCUT2D eigenvalue weighted by Crippen LogP contribution is 2.50. The number of halogens is 2. The maximum atomic E-state index is 13.4. The minimum absolute atomic E-state index is 0.00136. The highest BCUT2D eigenvalue weighted by Gasteiger charge is 2.54. The van der Waals surface area contributed by atoms with Crippen molar-refractivity contribution in [2.75, 3.05) is 7.05 Å². The van der Waals surface area contributed by atoms with E-state index in [9.17, 15) is 9.18 Å². The summed E-state index contributed by atoms with van der Waals surface area (Å²) in [6.07, 6.45) is 2.08. The zero-order chi connectivity index (χ0) is 18.6. The van der Waals surface area contributed by atoms with Gasteiger partial charge in [-0.1, -0.05) is 17.7 Å². The number of amides is 1. The molecule has 136 valence electrons. The lowest BCUT2D eigenvalue weighted by molar-refractivity contribution is -0.136. The Kier molecular flexibility index (Phi) is 4.08. The zero-order valence-electron chi connectivity index (χ0n) is 14.5. The van der Waals surface area contributed by atoms with E-state index in [1.165, 1.54) is 11.0 Å². The van der Waals surface area contributed by atoms with Crippen molar-refractivity contribution in [2.24, 2.45) is 11.8 Å². The molecule has 2 aromatic rings. The maximum Gasteiger partial charge on any atom is 0.235 e. The van der Waals surface area contributed by atoms with Gasteiger partial charge in [0.1, 0.15) is 5.82 Å². The second kappa shape index (κ2) is 6.06. The summed E-state index contributed by atoms with van der Waals surface area (Å²) in [5, 5.41) is 11.5. The zero-order valence-corrected chi connectivity index (χ0v) is 16.0.